The van der Waals surface area contributed by atoms with Crippen molar-refractivity contribution in [1.29, 1.82) is 0 Å². The molecule has 0 aliphatic rings. The SMILES string of the molecule is COc1ccc(-c2cnc3nc(C)[nH]c3n2)cc1. The number of ether oxygens (including phenoxy) is 1. The smallest absolute Gasteiger partial charge is 0.197 e. The Morgan fingerprint density at radius 3 is 2.61 bits per heavy atom. The van der Waals surface area contributed by atoms with E-state index in [2.05, 4.69) is 19.9 Å². The van der Waals surface area contributed by atoms with Crippen LogP contribution in [0.4, 0.5) is 0 Å². The van der Waals surface area contributed by atoms with Gasteiger partial charge in [0.05, 0.1) is 19.0 Å². The first-order valence-corrected chi connectivity index (χ1v) is 5.60. The van der Waals surface area contributed by atoms with Gasteiger partial charge in [-0.1, -0.05) is 0 Å². The predicted molar refractivity (Wildman–Crippen MR) is 68.4 cm³/mol. The Kier molecular flexibility index (Phi) is 2.44. The second-order valence-corrected chi connectivity index (χ2v) is 3.98. The predicted octanol–water partition coefficient (Wildman–Crippen LogP) is 2.34. The fraction of sp³-hybridized carbons (Fsp3) is 0.154. The minimum atomic E-state index is 0.643. The highest BCUT2D eigenvalue weighted by Crippen LogP contribution is 2.21. The molecular formula is C13H12N4O. The van der Waals surface area contributed by atoms with Crippen molar-refractivity contribution in [3.63, 3.8) is 0 Å². The van der Waals surface area contributed by atoms with E-state index < -0.39 is 0 Å². The monoisotopic (exact) mass is 240 g/mol. The second-order valence-electron chi connectivity index (χ2n) is 3.98. The van der Waals surface area contributed by atoms with Gasteiger partial charge in [-0.15, -0.1) is 0 Å². The fourth-order valence-electron chi connectivity index (χ4n) is 1.81. The molecule has 0 amide bonds. The zero-order valence-corrected chi connectivity index (χ0v) is 10.1. The molecule has 0 saturated heterocycles. The Labute approximate surface area is 104 Å². The molecule has 0 spiro atoms. The Morgan fingerprint density at radius 2 is 1.89 bits per heavy atom. The molecule has 0 bridgehead atoms. The summed E-state index contributed by atoms with van der Waals surface area (Å²) in [4.78, 5) is 16.1. The van der Waals surface area contributed by atoms with Crippen LogP contribution in [0.3, 0.4) is 0 Å². The van der Waals surface area contributed by atoms with Gasteiger partial charge < -0.3 is 9.72 Å². The molecule has 2 heterocycles. The molecule has 0 atom stereocenters. The number of methoxy groups -OCH3 is 1. The van der Waals surface area contributed by atoms with Gasteiger partial charge in [0.25, 0.3) is 0 Å². The van der Waals surface area contributed by atoms with E-state index in [1.807, 2.05) is 31.2 Å². The highest BCUT2D eigenvalue weighted by atomic mass is 16.5. The zero-order valence-electron chi connectivity index (χ0n) is 10.1. The van der Waals surface area contributed by atoms with Gasteiger partial charge in [0.15, 0.2) is 11.3 Å². The molecule has 0 radical (unpaired) electrons. The van der Waals surface area contributed by atoms with Crippen LogP contribution in [0.2, 0.25) is 0 Å². The number of fused-ring (bicyclic) bond motifs is 1. The summed E-state index contributed by atoms with van der Waals surface area (Å²) in [5.41, 5.74) is 3.16. The van der Waals surface area contributed by atoms with Gasteiger partial charge >= 0.3 is 0 Å². The first kappa shape index (κ1) is 10.7. The quantitative estimate of drug-likeness (QED) is 0.746. The van der Waals surface area contributed by atoms with Crippen LogP contribution in [-0.2, 0) is 0 Å². The second kappa shape index (κ2) is 4.10. The normalized spacial score (nSPS) is 10.8. The van der Waals surface area contributed by atoms with E-state index in [0.717, 1.165) is 22.8 Å². The lowest BCUT2D eigenvalue weighted by Gasteiger charge is -2.02. The maximum atomic E-state index is 5.13. The number of aromatic amines is 1. The Bertz CT molecular complexity index is 688. The first-order valence-electron chi connectivity index (χ1n) is 5.60. The lowest BCUT2D eigenvalue weighted by molar-refractivity contribution is 0.415. The van der Waals surface area contributed by atoms with Crippen molar-refractivity contribution in [2.24, 2.45) is 0 Å². The molecule has 5 nitrogen and oxygen atoms in total. The Balaban J connectivity index is 2.06. The summed E-state index contributed by atoms with van der Waals surface area (Å²) in [5.74, 6) is 1.64. The van der Waals surface area contributed by atoms with Gasteiger partial charge in [0.2, 0.25) is 0 Å². The number of hydrogen-bond donors (Lipinski definition) is 1. The van der Waals surface area contributed by atoms with Gasteiger partial charge in [-0.2, -0.15) is 0 Å². The molecule has 0 saturated carbocycles. The summed E-state index contributed by atoms with van der Waals surface area (Å²) < 4.78 is 5.13. The van der Waals surface area contributed by atoms with E-state index in [0.29, 0.717) is 11.3 Å². The lowest BCUT2D eigenvalue weighted by Crippen LogP contribution is -1.88. The third-order valence-electron chi connectivity index (χ3n) is 2.71. The summed E-state index contributed by atoms with van der Waals surface area (Å²) >= 11 is 0. The molecule has 0 aliphatic heterocycles. The molecule has 3 rings (SSSR count). The number of hydrogen-bond acceptors (Lipinski definition) is 4. The minimum Gasteiger partial charge on any atom is -0.497 e. The largest absolute Gasteiger partial charge is 0.497 e. The highest BCUT2D eigenvalue weighted by Gasteiger charge is 2.05. The van der Waals surface area contributed by atoms with Gasteiger partial charge in [0, 0.05) is 5.56 Å². The van der Waals surface area contributed by atoms with E-state index in [1.165, 1.54) is 0 Å². The molecule has 0 unspecified atom stereocenters. The number of H-pyrrole nitrogens is 1. The minimum absolute atomic E-state index is 0.643. The molecule has 1 N–H and O–H groups in total. The molecule has 5 heteroatoms. The van der Waals surface area contributed by atoms with Crippen LogP contribution in [0.15, 0.2) is 30.5 Å². The van der Waals surface area contributed by atoms with Crippen molar-refractivity contribution >= 4 is 11.3 Å². The maximum Gasteiger partial charge on any atom is 0.197 e. The molecule has 2 aromatic heterocycles. The van der Waals surface area contributed by atoms with Crippen LogP contribution >= 0.6 is 0 Å². The standard InChI is InChI=1S/C13H12N4O/c1-8-15-12-13(16-8)17-11(7-14-12)9-3-5-10(18-2)6-4-9/h3-7H,1-2H3,(H,14,15,16,17). The summed E-state index contributed by atoms with van der Waals surface area (Å²) in [5, 5.41) is 0. The first-order chi connectivity index (χ1) is 8.76. The summed E-state index contributed by atoms with van der Waals surface area (Å²) in [6.45, 7) is 1.89. The van der Waals surface area contributed by atoms with Crippen LogP contribution < -0.4 is 4.74 Å². The van der Waals surface area contributed by atoms with Crippen molar-refractivity contribution in [2.75, 3.05) is 7.11 Å². The molecule has 90 valence electrons. The summed E-state index contributed by atoms with van der Waals surface area (Å²) in [6.07, 6.45) is 1.73. The number of aromatic nitrogens is 4. The average Bonchev–Trinajstić information content (AvgIpc) is 2.78. The van der Waals surface area contributed by atoms with Crippen LogP contribution in [0.25, 0.3) is 22.6 Å². The van der Waals surface area contributed by atoms with E-state index >= 15 is 0 Å². The van der Waals surface area contributed by atoms with Crippen LogP contribution in [-0.4, -0.2) is 27.0 Å². The van der Waals surface area contributed by atoms with E-state index in [9.17, 15) is 0 Å². The molecular weight excluding hydrogens is 228 g/mol. The molecule has 3 aromatic rings. The maximum absolute atomic E-state index is 5.13. The Morgan fingerprint density at radius 1 is 1.11 bits per heavy atom. The Hall–Kier alpha value is -2.43. The van der Waals surface area contributed by atoms with Crippen molar-refractivity contribution in [2.45, 2.75) is 6.92 Å². The van der Waals surface area contributed by atoms with Gasteiger partial charge in [-0.05, 0) is 31.2 Å². The number of imidazole rings is 1. The summed E-state index contributed by atoms with van der Waals surface area (Å²) in [7, 11) is 1.65. The zero-order chi connectivity index (χ0) is 12.5. The van der Waals surface area contributed by atoms with Crippen LogP contribution in [0, 0.1) is 6.92 Å². The van der Waals surface area contributed by atoms with Crippen LogP contribution in [0.5, 0.6) is 5.75 Å². The van der Waals surface area contributed by atoms with E-state index in [1.54, 1.807) is 13.3 Å². The third-order valence-corrected chi connectivity index (χ3v) is 2.71. The van der Waals surface area contributed by atoms with Crippen molar-refractivity contribution in [1.82, 2.24) is 19.9 Å². The lowest BCUT2D eigenvalue weighted by atomic mass is 10.1. The number of benzene rings is 1. The van der Waals surface area contributed by atoms with Gasteiger partial charge in [-0.25, -0.2) is 15.0 Å². The molecule has 1 aromatic carbocycles. The molecule has 0 fully saturated rings. The van der Waals surface area contributed by atoms with E-state index in [-0.39, 0.29) is 0 Å². The van der Waals surface area contributed by atoms with Crippen molar-refractivity contribution in [3.05, 3.63) is 36.3 Å². The molecule has 0 aliphatic carbocycles. The van der Waals surface area contributed by atoms with Crippen molar-refractivity contribution in [3.8, 4) is 17.0 Å². The number of aryl methyl sites for hydroxylation is 1. The number of rotatable bonds is 2. The molecule has 18 heavy (non-hydrogen) atoms. The van der Waals surface area contributed by atoms with Crippen molar-refractivity contribution < 1.29 is 4.74 Å². The number of nitrogens with one attached hydrogen (secondary N) is 1. The third kappa shape index (κ3) is 1.79. The fourth-order valence-corrected chi connectivity index (χ4v) is 1.81. The van der Waals surface area contributed by atoms with Crippen LogP contribution in [0.1, 0.15) is 5.82 Å². The van der Waals surface area contributed by atoms with Gasteiger partial charge in [-0.3, -0.25) is 0 Å². The topological polar surface area (TPSA) is 63.7 Å². The average molecular weight is 240 g/mol. The highest BCUT2D eigenvalue weighted by molar-refractivity contribution is 5.70. The number of nitrogens with zero attached hydrogens (tertiary/aromatic N) is 3. The van der Waals surface area contributed by atoms with E-state index in [4.69, 9.17) is 4.74 Å². The van der Waals surface area contributed by atoms with Gasteiger partial charge in [0.1, 0.15) is 11.6 Å². The summed E-state index contributed by atoms with van der Waals surface area (Å²) in [6, 6.07) is 7.72.